The average Bonchev–Trinajstić information content (AvgIpc) is 2.91. The Morgan fingerprint density at radius 3 is 2.70 bits per heavy atom. The molecule has 0 spiro atoms. The molecular formula is C16H22ClN5O. The molecule has 2 aromatic rings. The monoisotopic (exact) mass is 335 g/mol. The van der Waals surface area contributed by atoms with Crippen LogP contribution in [0.25, 0.3) is 5.69 Å². The molecule has 0 bridgehead atoms. The van der Waals surface area contributed by atoms with Crippen molar-refractivity contribution in [1.82, 2.24) is 25.6 Å². The third kappa shape index (κ3) is 3.89. The normalized spacial score (nSPS) is 17.4. The van der Waals surface area contributed by atoms with Gasteiger partial charge in [0.2, 0.25) is 0 Å². The van der Waals surface area contributed by atoms with E-state index in [1.165, 1.54) is 5.56 Å². The van der Waals surface area contributed by atoms with Crippen LogP contribution in [0, 0.1) is 13.8 Å². The maximum absolute atomic E-state index is 12.4. The van der Waals surface area contributed by atoms with Gasteiger partial charge < -0.3 is 10.6 Å². The second kappa shape index (κ2) is 7.57. The predicted molar refractivity (Wildman–Crippen MR) is 91.4 cm³/mol. The van der Waals surface area contributed by atoms with Crippen LogP contribution in [0.1, 0.15) is 34.6 Å². The maximum atomic E-state index is 12.4. The van der Waals surface area contributed by atoms with E-state index in [1.54, 1.807) is 4.68 Å². The number of carbonyl (C=O) groups excluding carboxylic acids is 1. The molecule has 0 saturated carbocycles. The minimum atomic E-state index is -0.149. The lowest BCUT2D eigenvalue weighted by Crippen LogP contribution is -2.45. The van der Waals surface area contributed by atoms with Crippen LogP contribution in [-0.2, 0) is 0 Å². The van der Waals surface area contributed by atoms with Crippen molar-refractivity contribution in [3.05, 3.63) is 41.2 Å². The first kappa shape index (κ1) is 17.4. The van der Waals surface area contributed by atoms with Gasteiger partial charge in [-0.1, -0.05) is 22.9 Å². The number of nitrogens with one attached hydrogen (secondary N) is 2. The lowest BCUT2D eigenvalue weighted by atomic mass is 10.1. The highest BCUT2D eigenvalue weighted by Crippen LogP contribution is 2.13. The molecule has 1 fully saturated rings. The van der Waals surface area contributed by atoms with Crippen molar-refractivity contribution in [2.75, 3.05) is 13.1 Å². The van der Waals surface area contributed by atoms with Gasteiger partial charge in [-0.25, -0.2) is 4.68 Å². The molecule has 1 atom stereocenters. The Labute approximate surface area is 142 Å². The molecule has 0 radical (unpaired) electrons. The van der Waals surface area contributed by atoms with Crippen molar-refractivity contribution in [2.24, 2.45) is 0 Å². The number of carbonyl (C=O) groups is 1. The van der Waals surface area contributed by atoms with Crippen molar-refractivity contribution in [2.45, 2.75) is 32.7 Å². The largest absolute Gasteiger partial charge is 0.347 e. The first-order valence-electron chi connectivity index (χ1n) is 7.66. The van der Waals surface area contributed by atoms with Gasteiger partial charge in [0.25, 0.3) is 5.91 Å². The number of aryl methyl sites for hydroxylation is 1. The predicted octanol–water partition coefficient (Wildman–Crippen LogP) is 1.79. The van der Waals surface area contributed by atoms with E-state index in [2.05, 4.69) is 20.9 Å². The lowest BCUT2D eigenvalue weighted by Gasteiger charge is -2.23. The summed E-state index contributed by atoms with van der Waals surface area (Å²) >= 11 is 0. The number of amides is 1. The molecule has 1 aromatic heterocycles. The van der Waals surface area contributed by atoms with Crippen LogP contribution in [0.2, 0.25) is 0 Å². The molecule has 6 nitrogen and oxygen atoms in total. The van der Waals surface area contributed by atoms with Gasteiger partial charge in [-0.3, -0.25) is 4.79 Å². The summed E-state index contributed by atoms with van der Waals surface area (Å²) in [4.78, 5) is 12.4. The average molecular weight is 336 g/mol. The zero-order valence-corrected chi connectivity index (χ0v) is 14.2. The first-order chi connectivity index (χ1) is 10.6. The number of rotatable bonds is 3. The number of nitrogens with zero attached hydrogens (tertiary/aromatic N) is 3. The van der Waals surface area contributed by atoms with Gasteiger partial charge >= 0.3 is 0 Å². The van der Waals surface area contributed by atoms with Crippen LogP contribution in [0.15, 0.2) is 24.3 Å². The molecule has 1 aromatic carbocycles. The molecule has 1 aliphatic rings. The molecule has 2 N–H and O–H groups in total. The van der Waals surface area contributed by atoms with Gasteiger partial charge in [-0.05, 0) is 45.4 Å². The highest BCUT2D eigenvalue weighted by Gasteiger charge is 2.21. The Morgan fingerprint density at radius 2 is 2.04 bits per heavy atom. The molecule has 3 rings (SSSR count). The fraction of sp³-hybridized carbons (Fsp3) is 0.438. The number of halogens is 1. The molecule has 1 amide bonds. The highest BCUT2D eigenvalue weighted by molar-refractivity contribution is 5.93. The van der Waals surface area contributed by atoms with Gasteiger partial charge in [0.15, 0.2) is 5.69 Å². The maximum Gasteiger partial charge on any atom is 0.274 e. The Bertz CT molecular complexity index is 662. The van der Waals surface area contributed by atoms with Crippen LogP contribution < -0.4 is 10.6 Å². The summed E-state index contributed by atoms with van der Waals surface area (Å²) in [5.41, 5.74) is 3.24. The zero-order chi connectivity index (χ0) is 15.5. The smallest absolute Gasteiger partial charge is 0.274 e. The van der Waals surface area contributed by atoms with Crippen LogP contribution in [0.3, 0.4) is 0 Å². The molecular weight excluding hydrogens is 314 g/mol. The summed E-state index contributed by atoms with van der Waals surface area (Å²) in [5, 5.41) is 14.5. The third-order valence-electron chi connectivity index (χ3n) is 4.02. The topological polar surface area (TPSA) is 71.8 Å². The Balaban J connectivity index is 0.00000192. The van der Waals surface area contributed by atoms with E-state index >= 15 is 0 Å². The molecule has 1 saturated heterocycles. The summed E-state index contributed by atoms with van der Waals surface area (Å²) < 4.78 is 1.70. The van der Waals surface area contributed by atoms with Gasteiger partial charge in [-0.2, -0.15) is 0 Å². The lowest BCUT2D eigenvalue weighted by molar-refractivity contribution is 0.0925. The van der Waals surface area contributed by atoms with Crippen molar-refractivity contribution < 1.29 is 4.79 Å². The number of aromatic nitrogens is 3. The van der Waals surface area contributed by atoms with Crippen molar-refractivity contribution in [3.63, 3.8) is 0 Å². The van der Waals surface area contributed by atoms with E-state index in [0.717, 1.165) is 37.3 Å². The Kier molecular flexibility index (Phi) is 5.74. The summed E-state index contributed by atoms with van der Waals surface area (Å²) in [6.07, 6.45) is 2.09. The second-order valence-corrected chi connectivity index (χ2v) is 5.79. The summed E-state index contributed by atoms with van der Waals surface area (Å²) in [7, 11) is 0. The molecule has 2 heterocycles. The van der Waals surface area contributed by atoms with Gasteiger partial charge in [0.1, 0.15) is 0 Å². The van der Waals surface area contributed by atoms with Gasteiger partial charge in [0.05, 0.1) is 11.4 Å². The minimum Gasteiger partial charge on any atom is -0.347 e. The molecule has 1 aliphatic heterocycles. The van der Waals surface area contributed by atoms with Crippen molar-refractivity contribution >= 4 is 18.3 Å². The minimum absolute atomic E-state index is 0. The van der Waals surface area contributed by atoms with Crippen LogP contribution in [0.4, 0.5) is 0 Å². The molecule has 0 unspecified atom stereocenters. The Hall–Kier alpha value is -1.92. The highest BCUT2D eigenvalue weighted by atomic mass is 35.5. The summed E-state index contributed by atoms with van der Waals surface area (Å²) in [5.74, 6) is -0.149. The van der Waals surface area contributed by atoms with E-state index in [-0.39, 0.29) is 24.4 Å². The summed E-state index contributed by atoms with van der Waals surface area (Å²) in [6, 6.07) is 8.16. The van der Waals surface area contributed by atoms with Gasteiger partial charge in [0, 0.05) is 12.6 Å². The zero-order valence-electron chi connectivity index (χ0n) is 13.4. The van der Waals surface area contributed by atoms with E-state index in [1.807, 2.05) is 38.1 Å². The SMILES string of the molecule is Cc1ccc(-n2nnc(C(=O)N[C@H]3CCCNC3)c2C)cc1.Cl. The molecule has 23 heavy (non-hydrogen) atoms. The quantitative estimate of drug-likeness (QED) is 0.897. The fourth-order valence-electron chi connectivity index (χ4n) is 2.70. The molecule has 7 heteroatoms. The second-order valence-electron chi connectivity index (χ2n) is 5.79. The van der Waals surface area contributed by atoms with E-state index < -0.39 is 0 Å². The van der Waals surface area contributed by atoms with Crippen LogP contribution in [0.5, 0.6) is 0 Å². The standard InChI is InChI=1S/C16H21N5O.ClH/c1-11-5-7-14(8-6-11)21-12(2)15(19-20-21)16(22)18-13-4-3-9-17-10-13;/h5-8,13,17H,3-4,9-10H2,1-2H3,(H,18,22);1H/t13-;/m0./s1. The van der Waals surface area contributed by atoms with Crippen LogP contribution in [-0.4, -0.2) is 40.0 Å². The third-order valence-corrected chi connectivity index (χ3v) is 4.02. The number of hydrogen-bond donors (Lipinski definition) is 2. The van der Waals surface area contributed by atoms with Crippen molar-refractivity contribution in [3.8, 4) is 5.69 Å². The van der Waals surface area contributed by atoms with Crippen LogP contribution >= 0.6 is 12.4 Å². The van der Waals surface area contributed by atoms with E-state index in [0.29, 0.717) is 5.69 Å². The molecule has 0 aliphatic carbocycles. The first-order valence-corrected chi connectivity index (χ1v) is 7.66. The van der Waals surface area contributed by atoms with E-state index in [9.17, 15) is 4.79 Å². The number of hydrogen-bond acceptors (Lipinski definition) is 4. The van der Waals surface area contributed by atoms with Crippen molar-refractivity contribution in [1.29, 1.82) is 0 Å². The van der Waals surface area contributed by atoms with Gasteiger partial charge in [-0.15, -0.1) is 17.5 Å². The number of piperidine rings is 1. The Morgan fingerprint density at radius 1 is 1.30 bits per heavy atom. The molecule has 124 valence electrons. The summed E-state index contributed by atoms with van der Waals surface area (Å²) in [6.45, 7) is 5.74. The van der Waals surface area contributed by atoms with E-state index in [4.69, 9.17) is 0 Å². The number of benzene rings is 1. The fourth-order valence-corrected chi connectivity index (χ4v) is 2.70.